The summed E-state index contributed by atoms with van der Waals surface area (Å²) in [6.45, 7) is 0.391. The van der Waals surface area contributed by atoms with Gasteiger partial charge in [-0.15, -0.1) is 24.5 Å². The smallest absolute Gasteiger partial charge is 0.406 e. The summed E-state index contributed by atoms with van der Waals surface area (Å²) >= 11 is 1.35. The lowest BCUT2D eigenvalue weighted by atomic mass is 9.74. The second kappa shape index (κ2) is 9.80. The summed E-state index contributed by atoms with van der Waals surface area (Å²) < 4.78 is 42.8. The zero-order valence-corrected chi connectivity index (χ0v) is 18.6. The van der Waals surface area contributed by atoms with E-state index in [1.165, 1.54) is 29.5 Å². The molecule has 2 heterocycles. The normalized spacial score (nSPS) is 22.2. The lowest BCUT2D eigenvalue weighted by molar-refractivity contribution is -0.274. The van der Waals surface area contributed by atoms with Crippen LogP contribution in [0.1, 0.15) is 42.3 Å². The highest BCUT2D eigenvalue weighted by Gasteiger charge is 2.42. The Morgan fingerprint density at radius 3 is 2.67 bits per heavy atom. The van der Waals surface area contributed by atoms with E-state index in [4.69, 9.17) is 0 Å². The molecular formula is C24H25F3N2O3S. The number of aliphatic hydroxyl groups excluding tert-OH is 1. The van der Waals surface area contributed by atoms with Gasteiger partial charge in [0, 0.05) is 23.1 Å². The van der Waals surface area contributed by atoms with Gasteiger partial charge < -0.3 is 20.3 Å². The molecule has 0 bridgehead atoms. The van der Waals surface area contributed by atoms with Gasteiger partial charge in [0.25, 0.3) is 0 Å². The van der Waals surface area contributed by atoms with Crippen LogP contribution < -0.4 is 10.1 Å². The summed E-state index contributed by atoms with van der Waals surface area (Å²) in [5.74, 6) is -0.999. The first kappa shape index (κ1) is 23.7. The molecular weight excluding hydrogens is 453 g/mol. The lowest BCUT2D eigenvalue weighted by Crippen LogP contribution is -2.49. The van der Waals surface area contributed by atoms with E-state index in [1.807, 2.05) is 30.3 Å². The largest absolute Gasteiger partial charge is 0.573 e. The average Bonchev–Trinajstić information content (AvgIpc) is 3.32. The average molecular weight is 479 g/mol. The van der Waals surface area contributed by atoms with Crippen molar-refractivity contribution in [2.24, 2.45) is 0 Å². The van der Waals surface area contributed by atoms with E-state index >= 15 is 0 Å². The van der Waals surface area contributed by atoms with Crippen LogP contribution in [0.5, 0.6) is 5.75 Å². The quantitative estimate of drug-likeness (QED) is 0.444. The van der Waals surface area contributed by atoms with Gasteiger partial charge in [-0.05, 0) is 55.1 Å². The SMILES string of the molecule is OC[C@@H](C[C@]1(O)CCCN[C@H]1c1ccccc1)c1cc(OC(F)(F)F)ccc1-c1nccs1. The number of benzene rings is 2. The number of aliphatic hydroxyl groups is 2. The van der Waals surface area contributed by atoms with Crippen LogP contribution >= 0.6 is 11.3 Å². The Balaban J connectivity index is 1.71. The minimum Gasteiger partial charge on any atom is -0.406 e. The second-order valence-corrected chi connectivity index (χ2v) is 9.12. The third-order valence-corrected chi connectivity index (χ3v) is 6.79. The molecule has 0 saturated carbocycles. The number of hydrogen-bond acceptors (Lipinski definition) is 6. The number of nitrogens with zero attached hydrogens (tertiary/aromatic N) is 1. The van der Waals surface area contributed by atoms with Gasteiger partial charge in [0.15, 0.2) is 0 Å². The molecule has 1 aromatic heterocycles. The fraction of sp³-hybridized carbons (Fsp3) is 0.375. The van der Waals surface area contributed by atoms with Crippen molar-refractivity contribution in [3.05, 3.63) is 71.2 Å². The van der Waals surface area contributed by atoms with Gasteiger partial charge in [-0.2, -0.15) is 0 Å². The van der Waals surface area contributed by atoms with E-state index in [-0.39, 0.29) is 24.8 Å². The van der Waals surface area contributed by atoms with Crippen molar-refractivity contribution in [2.75, 3.05) is 13.2 Å². The van der Waals surface area contributed by atoms with Crippen molar-refractivity contribution in [3.8, 4) is 16.3 Å². The minimum absolute atomic E-state index is 0.157. The van der Waals surface area contributed by atoms with E-state index in [1.54, 1.807) is 11.6 Å². The Labute approximate surface area is 193 Å². The van der Waals surface area contributed by atoms with Crippen LogP contribution in [0.15, 0.2) is 60.1 Å². The predicted octanol–water partition coefficient (Wildman–Crippen LogP) is 5.03. The van der Waals surface area contributed by atoms with E-state index in [9.17, 15) is 23.4 Å². The van der Waals surface area contributed by atoms with Gasteiger partial charge in [0.2, 0.25) is 0 Å². The Kier molecular flexibility index (Phi) is 7.04. The van der Waals surface area contributed by atoms with Crippen molar-refractivity contribution in [3.63, 3.8) is 0 Å². The first-order valence-corrected chi connectivity index (χ1v) is 11.6. The number of piperidine rings is 1. The molecule has 0 spiro atoms. The van der Waals surface area contributed by atoms with Gasteiger partial charge >= 0.3 is 6.36 Å². The van der Waals surface area contributed by atoms with Gasteiger partial charge in [-0.1, -0.05) is 30.3 Å². The van der Waals surface area contributed by atoms with Crippen LogP contribution in [0.25, 0.3) is 10.6 Å². The summed E-state index contributed by atoms with van der Waals surface area (Å²) in [7, 11) is 0. The molecule has 0 amide bonds. The van der Waals surface area contributed by atoms with Crippen molar-refractivity contribution in [2.45, 2.75) is 43.2 Å². The van der Waals surface area contributed by atoms with Crippen LogP contribution in [0.2, 0.25) is 0 Å². The summed E-state index contributed by atoms with van der Waals surface area (Å²) in [6.07, 6.45) is -1.82. The van der Waals surface area contributed by atoms with Crippen molar-refractivity contribution in [1.82, 2.24) is 10.3 Å². The van der Waals surface area contributed by atoms with Crippen molar-refractivity contribution in [1.29, 1.82) is 0 Å². The molecule has 3 N–H and O–H groups in total. The Morgan fingerprint density at radius 2 is 2.00 bits per heavy atom. The van der Waals surface area contributed by atoms with Crippen LogP contribution in [0, 0.1) is 0 Å². The molecule has 1 aliphatic heterocycles. The molecule has 1 aliphatic rings. The maximum atomic E-state index is 12.9. The number of rotatable bonds is 7. The Bertz CT molecular complexity index is 1050. The van der Waals surface area contributed by atoms with Crippen LogP contribution in [0.4, 0.5) is 13.2 Å². The van der Waals surface area contributed by atoms with Gasteiger partial charge in [-0.3, -0.25) is 0 Å². The van der Waals surface area contributed by atoms with Gasteiger partial charge in [0.05, 0.1) is 18.2 Å². The lowest BCUT2D eigenvalue weighted by Gasteiger charge is -2.43. The van der Waals surface area contributed by atoms with Gasteiger partial charge in [0.1, 0.15) is 10.8 Å². The summed E-state index contributed by atoms with van der Waals surface area (Å²) in [5.41, 5.74) is 0.793. The maximum Gasteiger partial charge on any atom is 0.573 e. The van der Waals surface area contributed by atoms with E-state index in [0.29, 0.717) is 22.6 Å². The number of nitrogens with one attached hydrogen (secondary N) is 1. The highest BCUT2D eigenvalue weighted by molar-refractivity contribution is 7.13. The first-order valence-electron chi connectivity index (χ1n) is 10.7. The zero-order valence-electron chi connectivity index (χ0n) is 17.8. The van der Waals surface area contributed by atoms with Crippen LogP contribution in [-0.2, 0) is 0 Å². The third-order valence-electron chi connectivity index (χ3n) is 5.98. The molecule has 0 radical (unpaired) electrons. The number of hydrogen-bond donors (Lipinski definition) is 3. The molecule has 4 rings (SSSR count). The molecule has 0 aliphatic carbocycles. The van der Waals surface area contributed by atoms with E-state index < -0.39 is 17.9 Å². The number of halogens is 3. The fourth-order valence-electron chi connectivity index (χ4n) is 4.60. The van der Waals surface area contributed by atoms with Crippen LogP contribution in [0.3, 0.4) is 0 Å². The molecule has 33 heavy (non-hydrogen) atoms. The third kappa shape index (κ3) is 5.55. The fourth-order valence-corrected chi connectivity index (χ4v) is 5.28. The molecule has 3 atom stereocenters. The summed E-state index contributed by atoms with van der Waals surface area (Å²) in [6, 6.07) is 13.3. The van der Waals surface area contributed by atoms with Gasteiger partial charge in [-0.25, -0.2) is 4.98 Å². The Hall–Kier alpha value is -2.46. The second-order valence-electron chi connectivity index (χ2n) is 8.22. The monoisotopic (exact) mass is 478 g/mol. The number of ether oxygens (including phenoxy) is 1. The molecule has 1 saturated heterocycles. The Morgan fingerprint density at radius 1 is 1.21 bits per heavy atom. The molecule has 2 aromatic carbocycles. The first-order chi connectivity index (χ1) is 15.8. The number of thiazole rings is 1. The molecule has 5 nitrogen and oxygen atoms in total. The molecule has 1 fully saturated rings. The highest BCUT2D eigenvalue weighted by atomic mass is 32.1. The minimum atomic E-state index is -4.83. The van der Waals surface area contributed by atoms with E-state index in [2.05, 4.69) is 15.0 Å². The molecule has 3 aromatic rings. The number of alkyl halides is 3. The predicted molar refractivity (Wildman–Crippen MR) is 120 cm³/mol. The standard InChI is InChI=1S/C24H25F3N2O3S/c25-24(26,27)32-18-7-8-19(22-29-11-12-33-22)20(13-18)17(15-30)14-23(31)9-4-10-28-21(23)16-5-2-1-3-6-16/h1-3,5-8,11-13,17,21,28,30-31H,4,9-10,14-15H2/t17-,21+,23-/m1/s1. The molecule has 176 valence electrons. The summed E-state index contributed by atoms with van der Waals surface area (Å²) in [4.78, 5) is 4.29. The van der Waals surface area contributed by atoms with Crippen molar-refractivity contribution >= 4 is 11.3 Å². The molecule has 9 heteroatoms. The molecule has 0 unspecified atom stereocenters. The van der Waals surface area contributed by atoms with Crippen LogP contribution in [-0.4, -0.2) is 40.3 Å². The van der Waals surface area contributed by atoms with E-state index in [0.717, 1.165) is 18.5 Å². The maximum absolute atomic E-state index is 12.9. The topological polar surface area (TPSA) is 74.6 Å². The zero-order chi connectivity index (χ0) is 23.5. The van der Waals surface area contributed by atoms with Crippen molar-refractivity contribution < 1.29 is 28.1 Å². The highest BCUT2D eigenvalue weighted by Crippen LogP contribution is 2.43. The number of aromatic nitrogens is 1. The summed E-state index contributed by atoms with van der Waals surface area (Å²) in [5, 5.41) is 27.8.